The molecule has 140 valence electrons. The molecule has 25 heavy (non-hydrogen) atoms. The molecule has 2 unspecified atom stereocenters. The van der Waals surface area contributed by atoms with Gasteiger partial charge in [0.05, 0.1) is 12.5 Å². The molecule has 1 aliphatic rings. The maximum absolute atomic E-state index is 11.5. The number of phenolic OH excluding ortho intramolecular Hbond substituents is 1. The summed E-state index contributed by atoms with van der Waals surface area (Å²) in [6.45, 7) is 12.5. The molecule has 0 bridgehead atoms. The summed E-state index contributed by atoms with van der Waals surface area (Å²) < 4.78 is 5.33. The van der Waals surface area contributed by atoms with Gasteiger partial charge in [0.1, 0.15) is 11.9 Å². The molecule has 0 aliphatic carbocycles. The molecule has 2 N–H and O–H groups in total. The fourth-order valence-electron chi connectivity index (χ4n) is 2.99. The molecule has 1 heterocycles. The Morgan fingerprint density at radius 2 is 1.64 bits per heavy atom. The van der Waals surface area contributed by atoms with Crippen LogP contribution in [0.1, 0.15) is 65.5 Å². The Bertz CT molecular complexity index is 605. The highest BCUT2D eigenvalue weighted by atomic mass is 32.2. The van der Waals surface area contributed by atoms with Crippen molar-refractivity contribution < 1.29 is 19.7 Å². The van der Waals surface area contributed by atoms with E-state index in [4.69, 9.17) is 4.74 Å². The van der Waals surface area contributed by atoms with Crippen LogP contribution in [0.4, 0.5) is 0 Å². The molecule has 0 aromatic heterocycles. The van der Waals surface area contributed by atoms with Crippen LogP contribution in [0.2, 0.25) is 0 Å². The van der Waals surface area contributed by atoms with Crippen molar-refractivity contribution in [3.63, 3.8) is 0 Å². The molecule has 4 nitrogen and oxygen atoms in total. The average molecular weight is 367 g/mol. The van der Waals surface area contributed by atoms with Crippen LogP contribution in [-0.2, 0) is 20.4 Å². The van der Waals surface area contributed by atoms with E-state index in [1.165, 1.54) is 0 Å². The minimum Gasteiger partial charge on any atom is -0.507 e. The number of carbonyl (C=O) groups excluding carboxylic acids is 1. The second-order valence-electron chi connectivity index (χ2n) is 8.88. The normalized spacial score (nSPS) is 22.0. The fourth-order valence-corrected chi connectivity index (χ4v) is 3.97. The lowest BCUT2D eigenvalue weighted by Crippen LogP contribution is -2.33. The number of carbonyl (C=O) groups is 1. The molecule has 1 fully saturated rings. The van der Waals surface area contributed by atoms with Gasteiger partial charge in [-0.1, -0.05) is 41.5 Å². The Labute approximate surface area is 155 Å². The first-order valence-corrected chi connectivity index (χ1v) is 9.75. The van der Waals surface area contributed by atoms with Gasteiger partial charge >= 0.3 is 5.97 Å². The second kappa shape index (κ2) is 7.20. The molecule has 2 atom stereocenters. The summed E-state index contributed by atoms with van der Waals surface area (Å²) in [6, 6.07) is 4.05. The number of benzene rings is 1. The molecule has 1 saturated heterocycles. The number of esters is 1. The van der Waals surface area contributed by atoms with Crippen molar-refractivity contribution in [3.8, 4) is 5.75 Å². The monoisotopic (exact) mass is 366 g/mol. The summed E-state index contributed by atoms with van der Waals surface area (Å²) in [6.07, 6.45) is -0.314. The Kier molecular flexibility index (Phi) is 5.79. The minimum atomic E-state index is -0.609. The largest absolute Gasteiger partial charge is 0.507 e. The highest BCUT2D eigenvalue weighted by Crippen LogP contribution is 2.42. The van der Waals surface area contributed by atoms with Crippen molar-refractivity contribution in [1.82, 2.24) is 0 Å². The van der Waals surface area contributed by atoms with E-state index in [1.807, 2.05) is 12.1 Å². The zero-order chi connectivity index (χ0) is 19.0. The smallest absolute Gasteiger partial charge is 0.308 e. The maximum atomic E-state index is 11.5. The first-order chi connectivity index (χ1) is 11.4. The van der Waals surface area contributed by atoms with Gasteiger partial charge < -0.3 is 14.9 Å². The molecule has 1 aliphatic heterocycles. The predicted molar refractivity (Wildman–Crippen MR) is 101 cm³/mol. The number of ether oxygens (including phenoxy) is 1. The number of hydrogen-bond donors (Lipinski definition) is 2. The quantitative estimate of drug-likeness (QED) is 0.621. The van der Waals surface area contributed by atoms with Crippen LogP contribution in [0.5, 0.6) is 5.75 Å². The summed E-state index contributed by atoms with van der Waals surface area (Å²) in [5.41, 5.74) is 1.49. The molecule has 0 amide bonds. The molecule has 0 radical (unpaired) electrons. The van der Waals surface area contributed by atoms with Crippen molar-refractivity contribution in [2.75, 3.05) is 5.75 Å². The van der Waals surface area contributed by atoms with E-state index >= 15 is 0 Å². The van der Waals surface area contributed by atoms with Gasteiger partial charge in [-0.05, 0) is 23.0 Å². The van der Waals surface area contributed by atoms with E-state index in [-0.39, 0.29) is 29.3 Å². The summed E-state index contributed by atoms with van der Waals surface area (Å²) in [5.74, 6) is 0.630. The number of thioether (sulfide) groups is 1. The highest BCUT2D eigenvalue weighted by Gasteiger charge is 2.29. The first kappa shape index (κ1) is 20.1. The van der Waals surface area contributed by atoms with Gasteiger partial charge in [0.25, 0.3) is 0 Å². The second-order valence-corrected chi connectivity index (χ2v) is 9.98. The number of cyclic esters (lactones) is 1. The van der Waals surface area contributed by atoms with Crippen molar-refractivity contribution in [2.45, 2.75) is 82.3 Å². The molecule has 0 saturated carbocycles. The lowest BCUT2D eigenvalue weighted by atomic mass is 9.79. The number of aliphatic hydroxyl groups excluding tert-OH is 1. The Morgan fingerprint density at radius 3 is 2.08 bits per heavy atom. The molecular weight excluding hydrogens is 336 g/mol. The number of aliphatic hydroxyl groups is 1. The molecular formula is C20H30O4S. The lowest BCUT2D eigenvalue weighted by Gasteiger charge is -2.29. The standard InChI is InChI=1S/C20H30O4S/c1-19(2,3)15-9-14(10-16(18(15)23)20(4,5)6)25-11-13-7-12(21)8-17(22)24-13/h9-10,12-13,21,23H,7-8,11H2,1-6H3. The minimum absolute atomic E-state index is 0.0860. The van der Waals surface area contributed by atoms with E-state index in [2.05, 4.69) is 41.5 Å². The number of hydrogen-bond acceptors (Lipinski definition) is 5. The van der Waals surface area contributed by atoms with Gasteiger partial charge in [-0.25, -0.2) is 0 Å². The van der Waals surface area contributed by atoms with Gasteiger partial charge in [-0.2, -0.15) is 0 Å². The lowest BCUT2D eigenvalue weighted by molar-refractivity contribution is -0.158. The number of aromatic hydroxyl groups is 1. The van der Waals surface area contributed by atoms with Crippen molar-refractivity contribution in [1.29, 1.82) is 0 Å². The Morgan fingerprint density at radius 1 is 1.12 bits per heavy atom. The van der Waals surface area contributed by atoms with Crippen LogP contribution < -0.4 is 0 Å². The molecule has 1 aromatic carbocycles. The van der Waals surface area contributed by atoms with Crippen LogP contribution in [0.3, 0.4) is 0 Å². The van der Waals surface area contributed by atoms with Crippen molar-refractivity contribution in [2.24, 2.45) is 0 Å². The SMILES string of the molecule is CC(C)(C)c1cc(SCC2CC(O)CC(=O)O2)cc(C(C)(C)C)c1O. The molecule has 1 aromatic rings. The van der Waals surface area contributed by atoms with Gasteiger partial charge in [0.15, 0.2) is 0 Å². The first-order valence-electron chi connectivity index (χ1n) is 8.76. The number of phenols is 1. The van der Waals surface area contributed by atoms with E-state index in [9.17, 15) is 15.0 Å². The van der Waals surface area contributed by atoms with Crippen LogP contribution in [0, 0.1) is 0 Å². The van der Waals surface area contributed by atoms with Crippen LogP contribution in [-0.4, -0.2) is 34.1 Å². The van der Waals surface area contributed by atoms with Gasteiger partial charge in [0.2, 0.25) is 0 Å². The zero-order valence-corrected chi connectivity index (χ0v) is 16.9. The Balaban J connectivity index is 2.27. The summed E-state index contributed by atoms with van der Waals surface area (Å²) in [4.78, 5) is 12.5. The van der Waals surface area contributed by atoms with Crippen molar-refractivity contribution in [3.05, 3.63) is 23.3 Å². The van der Waals surface area contributed by atoms with E-state index < -0.39 is 6.10 Å². The third-order valence-electron chi connectivity index (χ3n) is 4.37. The van der Waals surface area contributed by atoms with E-state index in [0.29, 0.717) is 17.9 Å². The van der Waals surface area contributed by atoms with Gasteiger partial charge in [-0.3, -0.25) is 4.79 Å². The maximum Gasteiger partial charge on any atom is 0.308 e. The summed E-state index contributed by atoms with van der Waals surface area (Å²) in [7, 11) is 0. The third-order valence-corrected chi connectivity index (χ3v) is 5.48. The van der Waals surface area contributed by atoms with Crippen LogP contribution >= 0.6 is 11.8 Å². The van der Waals surface area contributed by atoms with Gasteiger partial charge in [-0.15, -0.1) is 11.8 Å². The summed E-state index contributed by atoms with van der Waals surface area (Å²) in [5, 5.41) is 20.5. The van der Waals surface area contributed by atoms with Crippen LogP contribution in [0.15, 0.2) is 17.0 Å². The molecule has 2 rings (SSSR count). The highest BCUT2D eigenvalue weighted by molar-refractivity contribution is 7.99. The van der Waals surface area contributed by atoms with E-state index in [0.717, 1.165) is 16.0 Å². The summed E-state index contributed by atoms with van der Waals surface area (Å²) >= 11 is 1.60. The average Bonchev–Trinajstić information content (AvgIpc) is 2.42. The van der Waals surface area contributed by atoms with Crippen molar-refractivity contribution >= 4 is 17.7 Å². The zero-order valence-electron chi connectivity index (χ0n) is 16.0. The predicted octanol–water partition coefficient (Wildman–Crippen LogP) is 4.15. The Hall–Kier alpha value is -1.20. The van der Waals surface area contributed by atoms with Crippen LogP contribution in [0.25, 0.3) is 0 Å². The number of rotatable bonds is 3. The van der Waals surface area contributed by atoms with E-state index in [1.54, 1.807) is 11.8 Å². The van der Waals surface area contributed by atoms with Gasteiger partial charge in [0, 0.05) is 28.2 Å². The molecule has 5 heteroatoms. The fraction of sp³-hybridized carbons (Fsp3) is 0.650. The third kappa shape index (κ3) is 5.14. The molecule has 0 spiro atoms. The topological polar surface area (TPSA) is 66.8 Å².